The lowest BCUT2D eigenvalue weighted by Crippen LogP contribution is -2.45. The number of likely N-dealkylation sites (tertiary alicyclic amines) is 1. The molecule has 1 aromatic heterocycles. The Bertz CT molecular complexity index is 502. The second-order valence-corrected chi connectivity index (χ2v) is 6.12. The number of thiophene rings is 1. The molecule has 1 fully saturated rings. The lowest BCUT2D eigenvalue weighted by molar-refractivity contribution is -0.124. The van der Waals surface area contributed by atoms with Crippen molar-refractivity contribution in [2.24, 2.45) is 17.5 Å². The predicted molar refractivity (Wildman–Crippen MR) is 77.8 cm³/mol. The SMILES string of the molecule is CC1CCC(C(N)=O)CN1Cc1ccsc1C(=O)NN. The fraction of sp³-hybridized carbons (Fsp3) is 0.538. The fourth-order valence-electron chi connectivity index (χ4n) is 2.58. The number of hydrogen-bond acceptors (Lipinski definition) is 5. The first-order valence-electron chi connectivity index (χ1n) is 6.63. The van der Waals surface area contributed by atoms with Crippen molar-refractivity contribution in [3.8, 4) is 0 Å². The standard InChI is InChI=1S/C13H20N4O2S/c1-8-2-3-10(12(14)18)7-17(8)6-9-4-5-20-11(9)13(19)16-15/h4-5,8,10H,2-3,6-7,15H2,1H3,(H2,14,18)(H,16,19). The lowest BCUT2D eigenvalue weighted by atomic mass is 9.92. The van der Waals surface area contributed by atoms with E-state index in [9.17, 15) is 9.59 Å². The van der Waals surface area contributed by atoms with Gasteiger partial charge in [-0.25, -0.2) is 5.84 Å². The quantitative estimate of drug-likeness (QED) is 0.426. The smallest absolute Gasteiger partial charge is 0.275 e. The van der Waals surface area contributed by atoms with Crippen LogP contribution in [-0.4, -0.2) is 29.3 Å². The Hall–Kier alpha value is -1.44. The van der Waals surface area contributed by atoms with Gasteiger partial charge in [0.15, 0.2) is 0 Å². The van der Waals surface area contributed by atoms with E-state index in [0.717, 1.165) is 18.4 Å². The van der Waals surface area contributed by atoms with Gasteiger partial charge in [0.05, 0.1) is 10.8 Å². The second-order valence-electron chi connectivity index (χ2n) is 5.20. The van der Waals surface area contributed by atoms with E-state index < -0.39 is 0 Å². The molecule has 20 heavy (non-hydrogen) atoms. The Balaban J connectivity index is 2.10. The number of primary amides is 1. The zero-order valence-electron chi connectivity index (χ0n) is 11.5. The lowest BCUT2D eigenvalue weighted by Gasteiger charge is -2.36. The predicted octanol–water partition coefficient (Wildman–Crippen LogP) is 0.437. The average Bonchev–Trinajstić information content (AvgIpc) is 2.88. The van der Waals surface area contributed by atoms with Crippen LogP contribution in [0.2, 0.25) is 0 Å². The van der Waals surface area contributed by atoms with Gasteiger partial charge in [0, 0.05) is 19.1 Å². The Morgan fingerprint density at radius 3 is 2.90 bits per heavy atom. The van der Waals surface area contributed by atoms with Crippen molar-refractivity contribution in [3.63, 3.8) is 0 Å². The summed E-state index contributed by atoms with van der Waals surface area (Å²) in [5, 5.41) is 1.88. The van der Waals surface area contributed by atoms with Crippen molar-refractivity contribution in [1.29, 1.82) is 0 Å². The summed E-state index contributed by atoms with van der Waals surface area (Å²) in [6.45, 7) is 3.42. The number of nitrogens with one attached hydrogen (secondary N) is 1. The van der Waals surface area contributed by atoms with Crippen molar-refractivity contribution in [2.75, 3.05) is 6.54 Å². The van der Waals surface area contributed by atoms with Crippen molar-refractivity contribution >= 4 is 23.2 Å². The average molecular weight is 296 g/mol. The topological polar surface area (TPSA) is 101 Å². The van der Waals surface area contributed by atoms with E-state index in [-0.39, 0.29) is 17.7 Å². The summed E-state index contributed by atoms with van der Waals surface area (Å²) in [5.74, 6) is 4.57. The molecule has 0 radical (unpaired) electrons. The van der Waals surface area contributed by atoms with Gasteiger partial charge in [-0.15, -0.1) is 11.3 Å². The number of carbonyl (C=O) groups excluding carboxylic acids is 2. The first kappa shape index (κ1) is 15.0. The van der Waals surface area contributed by atoms with Crippen LogP contribution in [0, 0.1) is 5.92 Å². The van der Waals surface area contributed by atoms with Gasteiger partial charge in [-0.1, -0.05) is 0 Å². The third-order valence-corrected chi connectivity index (χ3v) is 4.83. The minimum atomic E-state index is -0.272. The van der Waals surface area contributed by atoms with Gasteiger partial charge < -0.3 is 5.73 Å². The fourth-order valence-corrected chi connectivity index (χ4v) is 3.39. The van der Waals surface area contributed by atoms with Crippen LogP contribution < -0.4 is 17.0 Å². The highest BCUT2D eigenvalue weighted by atomic mass is 32.1. The molecule has 6 nitrogen and oxygen atoms in total. The first-order chi connectivity index (χ1) is 9.52. The molecule has 2 heterocycles. The molecule has 1 aromatic rings. The number of amides is 2. The molecule has 0 aromatic carbocycles. The van der Waals surface area contributed by atoms with Crippen molar-refractivity contribution < 1.29 is 9.59 Å². The van der Waals surface area contributed by atoms with Crippen LogP contribution in [0.3, 0.4) is 0 Å². The number of hydrazine groups is 1. The van der Waals surface area contributed by atoms with Crippen LogP contribution in [-0.2, 0) is 11.3 Å². The van der Waals surface area contributed by atoms with E-state index in [2.05, 4.69) is 17.2 Å². The van der Waals surface area contributed by atoms with Crippen molar-refractivity contribution in [2.45, 2.75) is 32.4 Å². The molecule has 1 aliphatic heterocycles. The molecule has 0 spiro atoms. The Kier molecular flexibility index (Phi) is 4.74. The van der Waals surface area contributed by atoms with E-state index >= 15 is 0 Å². The summed E-state index contributed by atoms with van der Waals surface area (Å²) >= 11 is 1.37. The normalized spacial score (nSPS) is 23.5. The molecule has 2 atom stereocenters. The van der Waals surface area contributed by atoms with E-state index in [1.165, 1.54) is 11.3 Å². The van der Waals surface area contributed by atoms with Crippen LogP contribution in [0.1, 0.15) is 35.0 Å². The first-order valence-corrected chi connectivity index (χ1v) is 7.51. The molecule has 0 bridgehead atoms. The number of nitrogens with two attached hydrogens (primary N) is 2. The maximum atomic E-state index is 11.7. The van der Waals surface area contributed by atoms with Crippen molar-refractivity contribution in [3.05, 3.63) is 21.9 Å². The molecule has 2 amide bonds. The zero-order valence-corrected chi connectivity index (χ0v) is 12.3. The van der Waals surface area contributed by atoms with Gasteiger partial charge in [0.25, 0.3) is 5.91 Å². The minimum absolute atomic E-state index is 0.100. The summed E-state index contributed by atoms with van der Waals surface area (Å²) in [5.41, 5.74) is 8.51. The van der Waals surface area contributed by atoms with Gasteiger partial charge >= 0.3 is 0 Å². The highest BCUT2D eigenvalue weighted by molar-refractivity contribution is 7.12. The summed E-state index contributed by atoms with van der Waals surface area (Å²) in [7, 11) is 0. The Labute approximate surface area is 122 Å². The van der Waals surface area contributed by atoms with Gasteiger partial charge in [-0.2, -0.15) is 0 Å². The van der Waals surface area contributed by atoms with Crippen LogP contribution in [0.25, 0.3) is 0 Å². The Morgan fingerprint density at radius 1 is 1.50 bits per heavy atom. The number of rotatable bonds is 4. The zero-order chi connectivity index (χ0) is 14.7. The number of piperidine rings is 1. The molecule has 2 unspecified atom stereocenters. The molecular formula is C13H20N4O2S. The van der Waals surface area contributed by atoms with E-state index in [4.69, 9.17) is 11.6 Å². The molecular weight excluding hydrogens is 276 g/mol. The molecule has 2 rings (SSSR count). The van der Waals surface area contributed by atoms with Crippen LogP contribution in [0.5, 0.6) is 0 Å². The monoisotopic (exact) mass is 296 g/mol. The van der Waals surface area contributed by atoms with Crippen molar-refractivity contribution in [1.82, 2.24) is 10.3 Å². The van der Waals surface area contributed by atoms with Gasteiger partial charge in [-0.05, 0) is 36.8 Å². The van der Waals surface area contributed by atoms with Crippen LogP contribution in [0.4, 0.5) is 0 Å². The maximum Gasteiger partial charge on any atom is 0.275 e. The van der Waals surface area contributed by atoms with Crippen LogP contribution in [0.15, 0.2) is 11.4 Å². The molecule has 1 aliphatic rings. The van der Waals surface area contributed by atoms with E-state index in [0.29, 0.717) is 24.0 Å². The number of hydrogen-bond donors (Lipinski definition) is 3. The van der Waals surface area contributed by atoms with E-state index in [1.54, 1.807) is 0 Å². The summed E-state index contributed by atoms with van der Waals surface area (Å²) in [6.07, 6.45) is 1.78. The molecule has 0 aliphatic carbocycles. The van der Waals surface area contributed by atoms with Crippen LogP contribution >= 0.6 is 11.3 Å². The second kappa shape index (κ2) is 6.34. The third-order valence-electron chi connectivity index (χ3n) is 3.87. The Morgan fingerprint density at radius 2 is 2.25 bits per heavy atom. The summed E-state index contributed by atoms with van der Waals surface area (Å²) in [6, 6.07) is 2.30. The number of nitrogen functional groups attached to an aromatic ring is 1. The van der Waals surface area contributed by atoms with E-state index in [1.807, 2.05) is 11.4 Å². The van der Waals surface area contributed by atoms with Gasteiger partial charge in [0.1, 0.15) is 0 Å². The molecule has 1 saturated heterocycles. The van der Waals surface area contributed by atoms with Gasteiger partial charge in [0.2, 0.25) is 5.91 Å². The maximum absolute atomic E-state index is 11.7. The highest BCUT2D eigenvalue weighted by Crippen LogP contribution is 2.26. The number of carbonyl (C=O) groups is 2. The molecule has 7 heteroatoms. The highest BCUT2D eigenvalue weighted by Gasteiger charge is 2.29. The summed E-state index contributed by atoms with van der Waals surface area (Å²) < 4.78 is 0. The molecule has 0 saturated carbocycles. The summed E-state index contributed by atoms with van der Waals surface area (Å²) in [4.78, 5) is 25.8. The molecule has 110 valence electrons. The third kappa shape index (κ3) is 3.17. The minimum Gasteiger partial charge on any atom is -0.369 e. The van der Waals surface area contributed by atoms with Gasteiger partial charge in [-0.3, -0.25) is 19.9 Å². The number of nitrogens with zero attached hydrogens (tertiary/aromatic N) is 1. The molecule has 5 N–H and O–H groups in total. The largest absolute Gasteiger partial charge is 0.369 e.